The van der Waals surface area contributed by atoms with E-state index in [1.54, 1.807) is 6.20 Å². The number of nitrogens with two attached hydrogens (primary N) is 1. The van der Waals surface area contributed by atoms with Gasteiger partial charge in [0.25, 0.3) is 0 Å². The highest BCUT2D eigenvalue weighted by Gasteiger charge is 2.12. The molecule has 0 atom stereocenters. The van der Waals surface area contributed by atoms with Gasteiger partial charge in [0.1, 0.15) is 5.82 Å². The SMILES string of the molecule is CCOCCN(CCOCC)c1ncc(Br)cc1CN. The molecule has 0 fully saturated rings. The van der Waals surface area contributed by atoms with Crippen LogP contribution in [-0.2, 0) is 16.0 Å². The van der Waals surface area contributed by atoms with E-state index >= 15 is 0 Å². The van der Waals surface area contributed by atoms with Crippen LogP contribution in [0.2, 0.25) is 0 Å². The van der Waals surface area contributed by atoms with Crippen molar-refractivity contribution in [3.8, 4) is 0 Å². The lowest BCUT2D eigenvalue weighted by Gasteiger charge is -2.25. The van der Waals surface area contributed by atoms with E-state index in [9.17, 15) is 0 Å². The van der Waals surface area contributed by atoms with Crippen molar-refractivity contribution in [3.63, 3.8) is 0 Å². The third kappa shape index (κ3) is 5.75. The summed E-state index contributed by atoms with van der Waals surface area (Å²) in [5.74, 6) is 0.912. The molecule has 0 amide bonds. The summed E-state index contributed by atoms with van der Waals surface area (Å²) in [7, 11) is 0. The van der Waals surface area contributed by atoms with E-state index in [1.165, 1.54) is 0 Å². The molecular weight excluding hydrogens is 322 g/mol. The predicted molar refractivity (Wildman–Crippen MR) is 85.0 cm³/mol. The average molecular weight is 346 g/mol. The van der Waals surface area contributed by atoms with Crippen LogP contribution in [0.3, 0.4) is 0 Å². The minimum Gasteiger partial charge on any atom is -0.380 e. The molecule has 0 aliphatic heterocycles. The van der Waals surface area contributed by atoms with Crippen LogP contribution >= 0.6 is 15.9 Å². The number of hydrogen-bond donors (Lipinski definition) is 1. The van der Waals surface area contributed by atoms with Crippen molar-refractivity contribution in [1.29, 1.82) is 0 Å². The minimum absolute atomic E-state index is 0.460. The second kappa shape index (κ2) is 10.1. The second-order valence-electron chi connectivity index (χ2n) is 4.22. The highest BCUT2D eigenvalue weighted by atomic mass is 79.9. The molecule has 0 bridgehead atoms. The summed E-state index contributed by atoms with van der Waals surface area (Å²) in [6.45, 7) is 8.79. The summed E-state index contributed by atoms with van der Waals surface area (Å²) in [4.78, 5) is 6.66. The summed E-state index contributed by atoms with van der Waals surface area (Å²) in [5.41, 5.74) is 6.84. The van der Waals surface area contributed by atoms with E-state index in [4.69, 9.17) is 15.2 Å². The lowest BCUT2D eigenvalue weighted by Crippen LogP contribution is -2.33. The summed E-state index contributed by atoms with van der Waals surface area (Å²) in [6, 6.07) is 2.01. The zero-order chi connectivity index (χ0) is 14.8. The number of pyridine rings is 1. The molecule has 6 heteroatoms. The Labute approximate surface area is 129 Å². The Hall–Kier alpha value is -0.690. The van der Waals surface area contributed by atoms with Gasteiger partial charge in [0, 0.05) is 49.1 Å². The van der Waals surface area contributed by atoms with E-state index in [2.05, 4.69) is 25.8 Å². The summed E-state index contributed by atoms with van der Waals surface area (Å²) in [5, 5.41) is 0. The van der Waals surface area contributed by atoms with Gasteiger partial charge in [-0.25, -0.2) is 4.98 Å². The minimum atomic E-state index is 0.460. The topological polar surface area (TPSA) is 60.6 Å². The fraction of sp³-hybridized carbons (Fsp3) is 0.643. The fourth-order valence-corrected chi connectivity index (χ4v) is 2.25. The van der Waals surface area contributed by atoms with Crippen LogP contribution in [0.1, 0.15) is 19.4 Å². The number of ether oxygens (including phenoxy) is 2. The Kier molecular flexibility index (Phi) is 8.77. The van der Waals surface area contributed by atoms with Gasteiger partial charge in [-0.05, 0) is 35.8 Å². The highest BCUT2D eigenvalue weighted by molar-refractivity contribution is 9.10. The molecule has 0 aliphatic rings. The Bertz CT molecular complexity index is 381. The molecule has 0 aromatic carbocycles. The lowest BCUT2D eigenvalue weighted by atomic mass is 10.2. The van der Waals surface area contributed by atoms with E-state index < -0.39 is 0 Å². The third-order valence-electron chi connectivity index (χ3n) is 2.85. The maximum atomic E-state index is 5.82. The highest BCUT2D eigenvalue weighted by Crippen LogP contribution is 2.21. The molecule has 2 N–H and O–H groups in total. The zero-order valence-electron chi connectivity index (χ0n) is 12.3. The average Bonchev–Trinajstić information content (AvgIpc) is 2.46. The van der Waals surface area contributed by atoms with Gasteiger partial charge in [0.2, 0.25) is 0 Å². The van der Waals surface area contributed by atoms with Gasteiger partial charge in [-0.1, -0.05) is 0 Å². The van der Waals surface area contributed by atoms with Crippen molar-refractivity contribution in [1.82, 2.24) is 4.98 Å². The van der Waals surface area contributed by atoms with Crippen LogP contribution < -0.4 is 10.6 Å². The molecule has 0 saturated heterocycles. The molecule has 114 valence electrons. The molecule has 0 aliphatic carbocycles. The Morgan fingerprint density at radius 2 is 1.80 bits per heavy atom. The number of hydrogen-bond acceptors (Lipinski definition) is 5. The van der Waals surface area contributed by atoms with Crippen LogP contribution in [0.15, 0.2) is 16.7 Å². The molecule has 1 rings (SSSR count). The van der Waals surface area contributed by atoms with Gasteiger partial charge >= 0.3 is 0 Å². The lowest BCUT2D eigenvalue weighted by molar-refractivity contribution is 0.141. The van der Waals surface area contributed by atoms with Gasteiger partial charge in [-0.2, -0.15) is 0 Å². The molecular formula is C14H24BrN3O2. The maximum Gasteiger partial charge on any atom is 0.133 e. The Balaban J connectivity index is 2.78. The third-order valence-corrected chi connectivity index (χ3v) is 3.28. The van der Waals surface area contributed by atoms with Crippen molar-refractivity contribution >= 4 is 21.7 Å². The second-order valence-corrected chi connectivity index (χ2v) is 5.14. The monoisotopic (exact) mass is 345 g/mol. The first-order chi connectivity index (χ1) is 9.72. The number of anilines is 1. The summed E-state index contributed by atoms with van der Waals surface area (Å²) >= 11 is 3.43. The van der Waals surface area contributed by atoms with Gasteiger partial charge in [0.15, 0.2) is 0 Å². The van der Waals surface area contributed by atoms with Crippen molar-refractivity contribution in [2.24, 2.45) is 5.73 Å². The molecule has 1 aromatic rings. The zero-order valence-corrected chi connectivity index (χ0v) is 13.9. The molecule has 0 radical (unpaired) electrons. The number of rotatable bonds is 10. The smallest absolute Gasteiger partial charge is 0.133 e. The molecule has 0 spiro atoms. The molecule has 1 heterocycles. The van der Waals surface area contributed by atoms with Gasteiger partial charge < -0.3 is 20.1 Å². The first kappa shape index (κ1) is 17.4. The molecule has 20 heavy (non-hydrogen) atoms. The van der Waals surface area contributed by atoms with Crippen molar-refractivity contribution in [2.75, 3.05) is 44.4 Å². The normalized spacial score (nSPS) is 10.8. The summed E-state index contributed by atoms with van der Waals surface area (Å²) in [6.07, 6.45) is 1.79. The van der Waals surface area contributed by atoms with Crippen LogP contribution in [0, 0.1) is 0 Å². The van der Waals surface area contributed by atoms with E-state index in [-0.39, 0.29) is 0 Å². The Morgan fingerprint density at radius 1 is 1.20 bits per heavy atom. The predicted octanol–water partition coefficient (Wildman–Crippen LogP) is 2.18. The molecule has 1 aromatic heterocycles. The molecule has 5 nitrogen and oxygen atoms in total. The molecule has 0 unspecified atom stereocenters. The van der Waals surface area contributed by atoms with Gasteiger partial charge in [-0.3, -0.25) is 0 Å². The van der Waals surface area contributed by atoms with Gasteiger partial charge in [0.05, 0.1) is 13.2 Å². The van der Waals surface area contributed by atoms with Crippen LogP contribution in [0.4, 0.5) is 5.82 Å². The summed E-state index contributed by atoms with van der Waals surface area (Å²) < 4.78 is 11.8. The fourth-order valence-electron chi connectivity index (χ4n) is 1.87. The van der Waals surface area contributed by atoms with Gasteiger partial charge in [-0.15, -0.1) is 0 Å². The first-order valence-electron chi connectivity index (χ1n) is 6.97. The van der Waals surface area contributed by atoms with Crippen molar-refractivity contribution < 1.29 is 9.47 Å². The first-order valence-corrected chi connectivity index (χ1v) is 7.77. The number of aromatic nitrogens is 1. The Morgan fingerprint density at radius 3 is 2.30 bits per heavy atom. The van der Waals surface area contributed by atoms with Crippen molar-refractivity contribution in [2.45, 2.75) is 20.4 Å². The largest absolute Gasteiger partial charge is 0.380 e. The van der Waals surface area contributed by atoms with Crippen LogP contribution in [-0.4, -0.2) is 44.5 Å². The maximum absolute atomic E-state index is 5.82. The van der Waals surface area contributed by atoms with Crippen LogP contribution in [0.5, 0.6) is 0 Å². The van der Waals surface area contributed by atoms with E-state index in [1.807, 2.05) is 19.9 Å². The van der Waals surface area contributed by atoms with E-state index in [0.29, 0.717) is 19.8 Å². The quantitative estimate of drug-likeness (QED) is 0.658. The molecule has 0 saturated carbocycles. The van der Waals surface area contributed by atoms with Crippen molar-refractivity contribution in [3.05, 3.63) is 22.3 Å². The van der Waals surface area contributed by atoms with Crippen LogP contribution in [0.25, 0.3) is 0 Å². The van der Waals surface area contributed by atoms with E-state index in [0.717, 1.165) is 42.2 Å². The number of nitrogens with zero attached hydrogens (tertiary/aromatic N) is 2. The standard InChI is InChI=1S/C14H24BrN3O2/c1-3-19-7-5-18(6-8-20-4-2)14-12(10-16)9-13(15)11-17-14/h9,11H,3-8,10,16H2,1-2H3. The number of halogens is 1.